The van der Waals surface area contributed by atoms with Gasteiger partial charge in [0, 0.05) is 50.7 Å². The van der Waals surface area contributed by atoms with Crippen LogP contribution in [-0.4, -0.2) is 85.7 Å². The monoisotopic (exact) mass is 743 g/mol. The maximum Gasteiger partial charge on any atom is 0.303 e. The molecule has 2 aliphatic rings. The number of methoxy groups -OCH3 is 2. The number of halogens is 4. The molecule has 292 valence electrons. The van der Waals surface area contributed by atoms with Gasteiger partial charge in [-0.15, -0.1) is 0 Å². The Bertz CT molecular complexity index is 1700. The van der Waals surface area contributed by atoms with Crippen LogP contribution in [0.25, 0.3) is 21.9 Å². The van der Waals surface area contributed by atoms with Crippen LogP contribution in [0.4, 0.5) is 17.6 Å². The number of hydrogen-bond acceptors (Lipinski definition) is 6. The number of piperidine rings is 1. The number of likely N-dealkylation sites (tertiary alicyclic amines) is 2. The summed E-state index contributed by atoms with van der Waals surface area (Å²) in [6.45, 7) is 12.1. The minimum absolute atomic E-state index is 0.111. The molecular formula is C42H57F4N3O4. The molecular weight excluding hydrogens is 686 g/mol. The van der Waals surface area contributed by atoms with E-state index in [1.54, 1.807) is 19.1 Å². The number of carboxylic acids is 1. The van der Waals surface area contributed by atoms with E-state index in [1.807, 2.05) is 31.2 Å². The largest absolute Gasteiger partial charge is 0.496 e. The second-order valence-corrected chi connectivity index (χ2v) is 14.5. The molecule has 0 spiro atoms. The number of nitrogens with one attached hydrogen (secondary N) is 1. The molecule has 3 aromatic rings. The van der Waals surface area contributed by atoms with Crippen molar-refractivity contribution in [2.45, 2.75) is 97.1 Å². The van der Waals surface area contributed by atoms with Gasteiger partial charge in [0.25, 0.3) is 11.8 Å². The summed E-state index contributed by atoms with van der Waals surface area (Å²) in [5.74, 6) is -4.89. The van der Waals surface area contributed by atoms with Crippen molar-refractivity contribution in [3.05, 3.63) is 71.9 Å². The van der Waals surface area contributed by atoms with Gasteiger partial charge in [0.1, 0.15) is 11.5 Å². The molecule has 5 rings (SSSR count). The lowest BCUT2D eigenvalue weighted by atomic mass is 9.71. The second kappa shape index (κ2) is 18.0. The highest BCUT2D eigenvalue weighted by molar-refractivity contribution is 6.01. The highest BCUT2D eigenvalue weighted by atomic mass is 19.3. The number of benzene rings is 3. The molecule has 1 atom stereocenters. The van der Waals surface area contributed by atoms with Crippen LogP contribution in [0.5, 0.6) is 11.5 Å². The molecule has 3 aromatic carbocycles. The molecule has 2 aliphatic heterocycles. The van der Waals surface area contributed by atoms with Crippen molar-refractivity contribution in [3.8, 4) is 22.6 Å². The maximum absolute atomic E-state index is 14.0. The minimum Gasteiger partial charge on any atom is -0.496 e. The van der Waals surface area contributed by atoms with Crippen LogP contribution < -0.4 is 14.8 Å². The number of hydrogen-bond donors (Lipinski definition) is 2. The highest BCUT2D eigenvalue weighted by Gasteiger charge is 2.53. The number of rotatable bonds is 15. The van der Waals surface area contributed by atoms with E-state index in [0.717, 1.165) is 77.9 Å². The van der Waals surface area contributed by atoms with Crippen LogP contribution in [0, 0.1) is 5.41 Å². The van der Waals surface area contributed by atoms with Crippen LogP contribution in [0.15, 0.2) is 60.8 Å². The lowest BCUT2D eigenvalue weighted by Gasteiger charge is -2.46. The summed E-state index contributed by atoms with van der Waals surface area (Å²) in [4.78, 5) is 15.3. The summed E-state index contributed by atoms with van der Waals surface area (Å²) in [6.07, 6.45) is 4.54. The van der Waals surface area contributed by atoms with Gasteiger partial charge < -0.3 is 19.9 Å². The first kappa shape index (κ1) is 41.9. The Morgan fingerprint density at radius 1 is 0.962 bits per heavy atom. The standard InChI is InChI=1S/C28H33NO4.C14H24F4N2/c1-4-21-9-7-17-29(21)18-20-13-15-25(32-2)27(28(20)33-3)24-12-6-10-22-19(14-16-26(30)31)8-5-11-23(22)24;1-5-19-11(2)14(13(4,17)18)6-8-20(9-7-14)10-12(3,15)16/h5-6,8,10-13,15,21H,4,7,9,14,16-18H2,1-3H3,(H,30,31);19H,2,5-10H2,1,3-4H3. The number of nitrogens with zero attached hydrogens (tertiary/aromatic N) is 2. The molecule has 0 bridgehead atoms. The number of fused-ring (bicyclic) bond motifs is 1. The van der Waals surface area contributed by atoms with Gasteiger partial charge in [-0.25, -0.2) is 17.6 Å². The summed E-state index contributed by atoms with van der Waals surface area (Å²) in [6, 6.07) is 17.1. The van der Waals surface area contributed by atoms with Crippen LogP contribution in [0.3, 0.4) is 0 Å². The van der Waals surface area contributed by atoms with Crippen molar-refractivity contribution in [1.29, 1.82) is 0 Å². The summed E-state index contributed by atoms with van der Waals surface area (Å²) in [5.41, 5.74) is 3.15. The van der Waals surface area contributed by atoms with Crippen molar-refractivity contribution in [1.82, 2.24) is 15.1 Å². The molecule has 0 radical (unpaired) electrons. The van der Waals surface area contributed by atoms with Gasteiger partial charge in [-0.2, -0.15) is 0 Å². The molecule has 2 fully saturated rings. The molecule has 7 nitrogen and oxygen atoms in total. The number of alkyl halides is 4. The Morgan fingerprint density at radius 2 is 1.64 bits per heavy atom. The Kier molecular flexibility index (Phi) is 14.2. The zero-order chi connectivity index (χ0) is 39.0. The number of aryl methyl sites for hydroxylation is 1. The molecule has 11 heteroatoms. The average molecular weight is 744 g/mol. The third-order valence-corrected chi connectivity index (χ3v) is 10.9. The van der Waals surface area contributed by atoms with E-state index in [4.69, 9.17) is 14.6 Å². The van der Waals surface area contributed by atoms with Gasteiger partial charge in [-0.3, -0.25) is 14.6 Å². The summed E-state index contributed by atoms with van der Waals surface area (Å²) < 4.78 is 65.9. The maximum atomic E-state index is 14.0. The van der Waals surface area contributed by atoms with Gasteiger partial charge in [-0.1, -0.05) is 56.0 Å². The molecule has 2 N–H and O–H groups in total. The average Bonchev–Trinajstić information content (AvgIpc) is 3.56. The van der Waals surface area contributed by atoms with Crippen molar-refractivity contribution in [2.24, 2.45) is 5.41 Å². The van der Waals surface area contributed by atoms with Crippen molar-refractivity contribution in [3.63, 3.8) is 0 Å². The Morgan fingerprint density at radius 3 is 2.23 bits per heavy atom. The lowest BCUT2D eigenvalue weighted by molar-refractivity contribution is -0.137. The topological polar surface area (TPSA) is 74.3 Å². The third kappa shape index (κ3) is 10.0. The first-order valence-corrected chi connectivity index (χ1v) is 18.7. The van der Waals surface area contributed by atoms with E-state index in [1.165, 1.54) is 12.8 Å². The predicted molar refractivity (Wildman–Crippen MR) is 204 cm³/mol. The van der Waals surface area contributed by atoms with Crippen LogP contribution in [-0.2, 0) is 17.8 Å². The zero-order valence-electron chi connectivity index (χ0n) is 32.2. The third-order valence-electron chi connectivity index (χ3n) is 10.9. The molecule has 1 unspecified atom stereocenters. The molecule has 2 heterocycles. The zero-order valence-corrected chi connectivity index (χ0v) is 32.2. The number of carbonyl (C=O) groups is 1. The first-order chi connectivity index (χ1) is 25.1. The predicted octanol–water partition coefficient (Wildman–Crippen LogP) is 9.42. The normalized spacial score (nSPS) is 18.0. The minimum atomic E-state index is -2.92. The SMILES string of the molecule is C=C(NCC)C1(C(C)(F)F)CCN(CC(C)(F)F)CC1.CCC1CCCN1Cc1ccc(OC)c(-c2cccc3c(CCC(=O)O)cccc23)c1OC. The Balaban J connectivity index is 0.000000269. The molecule has 0 saturated carbocycles. The fraction of sp³-hybridized carbons (Fsp3) is 0.548. The van der Waals surface area contributed by atoms with Crippen molar-refractivity contribution >= 4 is 16.7 Å². The molecule has 0 aromatic heterocycles. The fourth-order valence-electron chi connectivity index (χ4n) is 8.10. The molecule has 0 aliphatic carbocycles. The summed E-state index contributed by atoms with van der Waals surface area (Å²) >= 11 is 0. The highest BCUT2D eigenvalue weighted by Crippen LogP contribution is 2.49. The van der Waals surface area contributed by atoms with E-state index in [-0.39, 0.29) is 38.9 Å². The molecule has 53 heavy (non-hydrogen) atoms. The van der Waals surface area contributed by atoms with Gasteiger partial charge in [-0.05, 0) is 93.0 Å². The van der Waals surface area contributed by atoms with Crippen LogP contribution in [0.2, 0.25) is 0 Å². The van der Waals surface area contributed by atoms with Gasteiger partial charge in [0.15, 0.2) is 0 Å². The van der Waals surface area contributed by atoms with Gasteiger partial charge >= 0.3 is 5.97 Å². The number of carboxylic acid groups (broad SMARTS) is 1. The Labute approximate surface area is 312 Å². The molecule has 2 saturated heterocycles. The van der Waals surface area contributed by atoms with Crippen LogP contribution in [0.1, 0.15) is 77.3 Å². The number of allylic oxidation sites excluding steroid dienone is 1. The van der Waals surface area contributed by atoms with E-state index in [0.29, 0.717) is 24.7 Å². The van der Waals surface area contributed by atoms with Gasteiger partial charge in [0.05, 0.1) is 31.7 Å². The second-order valence-electron chi connectivity index (χ2n) is 14.5. The lowest BCUT2D eigenvalue weighted by Crippen LogP contribution is -2.53. The van der Waals surface area contributed by atoms with E-state index in [2.05, 4.69) is 48.0 Å². The van der Waals surface area contributed by atoms with Crippen molar-refractivity contribution < 1.29 is 36.9 Å². The molecule has 0 amide bonds. The fourth-order valence-corrected chi connectivity index (χ4v) is 8.10. The Hall–Kier alpha value is -3.83. The van der Waals surface area contributed by atoms with Crippen LogP contribution >= 0.6 is 0 Å². The van der Waals surface area contributed by atoms with E-state index in [9.17, 15) is 22.4 Å². The summed E-state index contributed by atoms with van der Waals surface area (Å²) in [5, 5.41) is 14.2. The van der Waals surface area contributed by atoms with E-state index >= 15 is 0 Å². The number of ether oxygens (including phenoxy) is 2. The van der Waals surface area contributed by atoms with Gasteiger partial charge in [0.2, 0.25) is 0 Å². The first-order valence-electron chi connectivity index (χ1n) is 18.7. The van der Waals surface area contributed by atoms with E-state index < -0.39 is 23.2 Å². The smallest absolute Gasteiger partial charge is 0.303 e. The quantitative estimate of drug-likeness (QED) is 0.150. The summed E-state index contributed by atoms with van der Waals surface area (Å²) in [7, 11) is 3.42. The van der Waals surface area contributed by atoms with Crippen molar-refractivity contribution in [2.75, 3.05) is 46.9 Å². The number of aliphatic carboxylic acids is 1.